The highest BCUT2D eigenvalue weighted by atomic mass is 31.1. The molecule has 5 heteroatoms. The minimum Gasteiger partial charge on any atom is -0.507 e. The molecule has 2 unspecified atom stereocenters. The number of hydrogen-bond acceptors (Lipinski definition) is 1. The fraction of sp³-hybridized carbons (Fsp3) is 0.556. The Morgan fingerprint density at radius 1 is 0.969 bits per heavy atom. The zero-order chi connectivity index (χ0) is 24.5. The summed E-state index contributed by atoms with van der Waals surface area (Å²) in [5.74, 6) is 0.492. The first-order chi connectivity index (χ1) is 14.7. The minimum atomic E-state index is -4.40. The third-order valence-corrected chi connectivity index (χ3v) is 8.61. The van der Waals surface area contributed by atoms with Crippen LogP contribution in [0.15, 0.2) is 30.3 Å². The molecular weight excluding hydrogens is 428 g/mol. The molecule has 0 saturated carbocycles. The van der Waals surface area contributed by atoms with Gasteiger partial charge >= 0.3 is 6.18 Å². The Balaban J connectivity index is 2.86. The third kappa shape index (κ3) is 5.50. The van der Waals surface area contributed by atoms with Crippen LogP contribution >= 0.6 is 8.58 Å². The number of benzene rings is 2. The number of aryl methyl sites for hydroxylation is 1. The van der Waals surface area contributed by atoms with Gasteiger partial charge in [0.25, 0.3) is 0 Å². The molecule has 0 radical (unpaired) electrons. The molecule has 2 aromatic carbocycles. The summed E-state index contributed by atoms with van der Waals surface area (Å²) >= 11 is 0. The molecule has 0 heterocycles. The molecule has 32 heavy (non-hydrogen) atoms. The van der Waals surface area contributed by atoms with E-state index in [4.69, 9.17) is 0 Å². The summed E-state index contributed by atoms with van der Waals surface area (Å²) in [4.78, 5) is 0. The average Bonchev–Trinajstić information content (AvgIpc) is 2.67. The summed E-state index contributed by atoms with van der Waals surface area (Å²) in [6.45, 7) is 16.3. The van der Waals surface area contributed by atoms with Gasteiger partial charge in [0.05, 0.1) is 5.56 Å². The first-order valence-electron chi connectivity index (χ1n) is 11.5. The summed E-state index contributed by atoms with van der Waals surface area (Å²) in [5.41, 5.74) is 2.59. The first-order valence-corrected chi connectivity index (χ1v) is 12.5. The molecular formula is C27H38F3OP. The van der Waals surface area contributed by atoms with Gasteiger partial charge in [-0.25, -0.2) is 0 Å². The van der Waals surface area contributed by atoms with Gasteiger partial charge < -0.3 is 5.11 Å². The van der Waals surface area contributed by atoms with E-state index in [2.05, 4.69) is 47.6 Å². The van der Waals surface area contributed by atoms with Crippen LogP contribution in [0, 0.1) is 6.92 Å². The van der Waals surface area contributed by atoms with Gasteiger partial charge in [0.15, 0.2) is 0 Å². The molecule has 0 fully saturated rings. The summed E-state index contributed by atoms with van der Waals surface area (Å²) in [7, 11) is -0.0925. The molecule has 0 aliphatic carbocycles. The van der Waals surface area contributed by atoms with Crippen LogP contribution in [0.1, 0.15) is 101 Å². The second kappa shape index (κ2) is 9.75. The maximum Gasteiger partial charge on any atom is 0.417 e. The normalized spacial score (nSPS) is 15.0. The van der Waals surface area contributed by atoms with Crippen LogP contribution in [0.3, 0.4) is 0 Å². The van der Waals surface area contributed by atoms with Crippen molar-refractivity contribution in [2.45, 2.75) is 97.3 Å². The molecule has 1 nitrogen and oxygen atoms in total. The highest BCUT2D eigenvalue weighted by molar-refractivity contribution is 7.48. The summed E-state index contributed by atoms with van der Waals surface area (Å²) in [6, 6.07) is 8.54. The Morgan fingerprint density at radius 2 is 1.56 bits per heavy atom. The van der Waals surface area contributed by atoms with E-state index in [1.165, 1.54) is 12.1 Å². The molecule has 0 spiro atoms. The van der Waals surface area contributed by atoms with Gasteiger partial charge in [-0.15, -0.1) is 0 Å². The topological polar surface area (TPSA) is 20.2 Å². The van der Waals surface area contributed by atoms with Crippen molar-refractivity contribution in [1.29, 1.82) is 0 Å². The fourth-order valence-electron chi connectivity index (χ4n) is 4.38. The van der Waals surface area contributed by atoms with Crippen molar-refractivity contribution in [1.82, 2.24) is 0 Å². The van der Waals surface area contributed by atoms with Gasteiger partial charge in [-0.1, -0.05) is 87.7 Å². The quantitative estimate of drug-likeness (QED) is 0.405. The molecule has 0 saturated heterocycles. The van der Waals surface area contributed by atoms with Crippen molar-refractivity contribution in [2.24, 2.45) is 0 Å². The zero-order valence-corrected chi connectivity index (χ0v) is 21.7. The predicted octanol–water partition coefficient (Wildman–Crippen LogP) is 8.55. The molecule has 0 aliphatic rings. The Hall–Kier alpha value is -1.54. The second-order valence-corrected chi connectivity index (χ2v) is 11.9. The average molecular weight is 467 g/mol. The molecule has 178 valence electrons. The van der Waals surface area contributed by atoms with Crippen LogP contribution in [-0.4, -0.2) is 5.11 Å². The van der Waals surface area contributed by atoms with Crippen molar-refractivity contribution in [3.63, 3.8) is 0 Å². The second-order valence-electron chi connectivity index (χ2n) is 10.2. The lowest BCUT2D eigenvalue weighted by Crippen LogP contribution is -2.28. The van der Waals surface area contributed by atoms with Crippen LogP contribution in [0.5, 0.6) is 5.75 Å². The van der Waals surface area contributed by atoms with E-state index in [1.54, 1.807) is 13.0 Å². The van der Waals surface area contributed by atoms with E-state index in [0.29, 0.717) is 23.7 Å². The van der Waals surface area contributed by atoms with Crippen LogP contribution in [0.25, 0.3) is 0 Å². The van der Waals surface area contributed by atoms with Crippen molar-refractivity contribution < 1.29 is 18.3 Å². The number of alkyl halides is 3. The number of hydrogen-bond donors (Lipinski definition) is 1. The Labute approximate surface area is 193 Å². The predicted molar refractivity (Wildman–Crippen MR) is 132 cm³/mol. The molecule has 2 rings (SSSR count). The Bertz CT molecular complexity index is 941. The maximum atomic E-state index is 13.9. The molecule has 0 aliphatic heterocycles. The van der Waals surface area contributed by atoms with Gasteiger partial charge in [-0.2, -0.15) is 13.2 Å². The lowest BCUT2D eigenvalue weighted by molar-refractivity contribution is -0.136. The Kier molecular flexibility index (Phi) is 8.14. The minimum absolute atomic E-state index is 0.0925. The van der Waals surface area contributed by atoms with Gasteiger partial charge in [-0.05, 0) is 59.2 Å². The van der Waals surface area contributed by atoms with Gasteiger partial charge in [0, 0.05) is 10.7 Å². The lowest BCUT2D eigenvalue weighted by atomic mass is 9.79. The van der Waals surface area contributed by atoms with Gasteiger partial charge in [-0.3, -0.25) is 0 Å². The SMILES string of the molecule is CCCC(CC)(Pc1c(C)cccc1C(F)(F)F)c1cc(C(C)C)cc(C(C)(C)C)c1O. The lowest BCUT2D eigenvalue weighted by Gasteiger charge is -2.37. The smallest absolute Gasteiger partial charge is 0.417 e. The van der Waals surface area contributed by atoms with E-state index >= 15 is 0 Å². The summed E-state index contributed by atoms with van der Waals surface area (Å²) in [6.07, 6.45) is -2.21. The fourth-order valence-corrected chi connectivity index (χ4v) is 6.38. The number of aromatic hydroxyl groups is 1. The van der Waals surface area contributed by atoms with Crippen molar-refractivity contribution in [3.8, 4) is 5.75 Å². The van der Waals surface area contributed by atoms with Crippen LogP contribution in [0.4, 0.5) is 13.2 Å². The largest absolute Gasteiger partial charge is 0.507 e. The molecule has 0 bridgehead atoms. The van der Waals surface area contributed by atoms with Crippen LogP contribution in [-0.2, 0) is 16.7 Å². The first kappa shape index (κ1) is 26.7. The van der Waals surface area contributed by atoms with Crippen molar-refractivity contribution in [3.05, 3.63) is 58.1 Å². The standard InChI is InChI=1S/C27H38F3OP/c1-9-14-26(10-2,32-24-18(5)12-11-13-20(24)27(28,29)30)22-16-19(17(3)4)15-21(23(22)31)25(6,7)8/h11-13,15-17,31-32H,9-10,14H2,1-8H3. The van der Waals surface area contributed by atoms with Crippen molar-refractivity contribution >= 4 is 13.9 Å². The molecule has 2 atom stereocenters. The monoisotopic (exact) mass is 466 g/mol. The highest BCUT2D eigenvalue weighted by Gasteiger charge is 2.40. The molecule has 1 N–H and O–H groups in total. The van der Waals surface area contributed by atoms with E-state index < -0.39 is 16.9 Å². The Morgan fingerprint density at radius 3 is 2.03 bits per heavy atom. The van der Waals surface area contributed by atoms with Gasteiger partial charge in [0.1, 0.15) is 5.75 Å². The van der Waals surface area contributed by atoms with E-state index in [0.717, 1.165) is 23.1 Å². The van der Waals surface area contributed by atoms with E-state index in [1.807, 2.05) is 13.0 Å². The zero-order valence-electron chi connectivity index (χ0n) is 20.7. The summed E-state index contributed by atoms with van der Waals surface area (Å²) < 4.78 is 41.8. The summed E-state index contributed by atoms with van der Waals surface area (Å²) in [5, 5.41) is 11.3. The molecule has 2 aromatic rings. The molecule has 0 amide bonds. The van der Waals surface area contributed by atoms with Gasteiger partial charge in [0.2, 0.25) is 0 Å². The van der Waals surface area contributed by atoms with E-state index in [9.17, 15) is 18.3 Å². The maximum absolute atomic E-state index is 13.9. The number of phenols is 1. The highest BCUT2D eigenvalue weighted by Crippen LogP contribution is 2.54. The van der Waals surface area contributed by atoms with Crippen LogP contribution in [0.2, 0.25) is 0 Å². The number of phenolic OH excluding ortho intramolecular Hbond substituents is 1. The molecule has 0 aromatic heterocycles. The number of halogens is 3. The van der Waals surface area contributed by atoms with Crippen molar-refractivity contribution in [2.75, 3.05) is 0 Å². The van der Waals surface area contributed by atoms with Crippen LogP contribution < -0.4 is 5.30 Å². The third-order valence-electron chi connectivity index (χ3n) is 6.35. The van der Waals surface area contributed by atoms with E-state index in [-0.39, 0.29) is 25.7 Å². The number of rotatable bonds is 7.